The summed E-state index contributed by atoms with van der Waals surface area (Å²) in [6, 6.07) is 3.05. The van der Waals surface area contributed by atoms with E-state index in [1.807, 2.05) is 6.26 Å². The van der Waals surface area contributed by atoms with Gasteiger partial charge in [0.2, 0.25) is 11.7 Å². The lowest BCUT2D eigenvalue weighted by Crippen LogP contribution is -2.41. The first-order valence-corrected chi connectivity index (χ1v) is 14.2. The monoisotopic (exact) mass is 576 g/mol. The van der Waals surface area contributed by atoms with Gasteiger partial charge in [-0.15, -0.1) is 0 Å². The molecule has 3 heterocycles. The maximum Gasteiger partial charge on any atom is 0.249 e. The van der Waals surface area contributed by atoms with E-state index >= 15 is 0 Å². The molecule has 0 fully saturated rings. The Labute approximate surface area is 239 Å². The number of phenols is 2. The molecule has 0 spiro atoms. The summed E-state index contributed by atoms with van der Waals surface area (Å²) in [5.41, 5.74) is -0.892. The molecule has 1 aromatic carbocycles. The van der Waals surface area contributed by atoms with Crippen LogP contribution in [0.5, 0.6) is 17.2 Å². The number of pyridine rings is 1. The first-order valence-electron chi connectivity index (χ1n) is 12.8. The molecular formula is C29H28N4O7S. The third-order valence-corrected chi connectivity index (χ3v) is 8.06. The topological polar surface area (TPSA) is 165 Å². The molecule has 2 atom stereocenters. The highest BCUT2D eigenvalue weighted by Gasteiger charge is 2.56. The molecule has 0 saturated carbocycles. The van der Waals surface area contributed by atoms with Crippen LogP contribution in [0.3, 0.4) is 0 Å². The molecule has 2 aliphatic rings. The normalized spacial score (nSPS) is 19.7. The Morgan fingerprint density at radius 3 is 2.63 bits per heavy atom. The van der Waals surface area contributed by atoms with Gasteiger partial charge in [0.15, 0.2) is 17.3 Å². The van der Waals surface area contributed by atoms with Crippen molar-refractivity contribution >= 4 is 29.1 Å². The van der Waals surface area contributed by atoms with Crippen LogP contribution in [0.2, 0.25) is 0 Å². The second-order valence-corrected chi connectivity index (χ2v) is 11.0. The molecule has 3 N–H and O–H groups in total. The number of ketones is 3. The Hall–Kier alpha value is -4.45. The van der Waals surface area contributed by atoms with E-state index in [4.69, 9.17) is 9.26 Å². The van der Waals surface area contributed by atoms with E-state index in [9.17, 15) is 24.6 Å². The number of rotatable bonds is 8. The third kappa shape index (κ3) is 4.48. The van der Waals surface area contributed by atoms with Crippen LogP contribution in [0.4, 0.5) is 0 Å². The molecule has 11 nitrogen and oxygen atoms in total. The van der Waals surface area contributed by atoms with Crippen LogP contribution in [0, 0.1) is 6.92 Å². The zero-order valence-corrected chi connectivity index (χ0v) is 23.9. The van der Waals surface area contributed by atoms with Gasteiger partial charge in [-0.1, -0.05) is 5.16 Å². The number of benzene rings is 1. The number of thioether (sulfide) groups is 1. The Morgan fingerprint density at radius 1 is 1.22 bits per heavy atom. The minimum Gasteiger partial charge on any atom is -0.507 e. The molecule has 5 rings (SSSR count). The molecule has 0 saturated heterocycles. The third-order valence-electron chi connectivity index (χ3n) is 7.42. The molecule has 3 aromatic rings. The van der Waals surface area contributed by atoms with Gasteiger partial charge in [-0.3, -0.25) is 19.4 Å². The van der Waals surface area contributed by atoms with Crippen LogP contribution in [0.25, 0.3) is 11.4 Å². The van der Waals surface area contributed by atoms with Crippen LogP contribution < -0.4 is 10.1 Å². The van der Waals surface area contributed by atoms with Crippen molar-refractivity contribution in [2.24, 2.45) is 0 Å². The maximum atomic E-state index is 14.1. The van der Waals surface area contributed by atoms with Gasteiger partial charge < -0.3 is 24.8 Å². The van der Waals surface area contributed by atoms with Crippen molar-refractivity contribution in [3.05, 3.63) is 70.2 Å². The Morgan fingerprint density at radius 2 is 1.98 bits per heavy atom. The summed E-state index contributed by atoms with van der Waals surface area (Å²) < 4.78 is 11.4. The van der Waals surface area contributed by atoms with Crippen LogP contribution >= 0.6 is 11.8 Å². The lowest BCUT2D eigenvalue weighted by atomic mass is 9.70. The quantitative estimate of drug-likeness (QED) is 0.200. The molecule has 2 aromatic heterocycles. The molecule has 12 heteroatoms. The minimum atomic E-state index is -1.61. The van der Waals surface area contributed by atoms with E-state index < -0.39 is 34.6 Å². The molecule has 0 bridgehead atoms. The van der Waals surface area contributed by atoms with Crippen molar-refractivity contribution in [3.63, 3.8) is 0 Å². The van der Waals surface area contributed by atoms with E-state index in [-0.39, 0.29) is 51.1 Å². The number of hydrogen-bond acceptors (Lipinski definition) is 12. The summed E-state index contributed by atoms with van der Waals surface area (Å²) in [6.45, 7) is 5.81. The fraction of sp³-hybridized carbons (Fsp3) is 0.310. The highest BCUT2D eigenvalue weighted by molar-refractivity contribution is 7.98. The molecular weight excluding hydrogens is 548 g/mol. The molecule has 1 unspecified atom stereocenters. The average Bonchev–Trinajstić information content (AvgIpc) is 3.54. The number of aromatic hydroxyl groups is 2. The van der Waals surface area contributed by atoms with Crippen LogP contribution in [-0.2, 0) is 15.0 Å². The molecule has 212 valence electrons. The van der Waals surface area contributed by atoms with Crippen molar-refractivity contribution < 1.29 is 33.9 Å². The van der Waals surface area contributed by atoms with Gasteiger partial charge in [-0.2, -0.15) is 16.7 Å². The largest absolute Gasteiger partial charge is 0.507 e. The lowest BCUT2D eigenvalue weighted by Gasteiger charge is -2.29. The van der Waals surface area contributed by atoms with Gasteiger partial charge >= 0.3 is 0 Å². The first kappa shape index (κ1) is 28.1. The van der Waals surface area contributed by atoms with Gasteiger partial charge in [0, 0.05) is 35.3 Å². The predicted molar refractivity (Wildman–Crippen MR) is 150 cm³/mol. The average molecular weight is 577 g/mol. The summed E-state index contributed by atoms with van der Waals surface area (Å²) in [5.74, 6) is -1.36. The van der Waals surface area contributed by atoms with Crippen LogP contribution in [0.1, 0.15) is 60.6 Å². The number of phenolic OH excluding ortho intramolecular Hbond substituents is 2. The second-order valence-electron chi connectivity index (χ2n) is 10.1. The summed E-state index contributed by atoms with van der Waals surface area (Å²) in [7, 11) is 0. The standard InChI is InChI=1S/C29H28N4O7S/c1-13-23(36)21(15(3)34)25-22(24(13)37)29(4)19(39-25)11-18(35)20(26(29)38)14(2)31-17(8-10-41-5)28-32-27(33-40-28)16-7-6-9-30-12-16/h6-7,9,11-12,17,31,36-37H,8,10H2,1-5H3/b20-14+/t17?,29-/m0/s1. The van der Waals surface area contributed by atoms with Gasteiger partial charge in [0.25, 0.3) is 0 Å². The van der Waals surface area contributed by atoms with Crippen molar-refractivity contribution in [2.75, 3.05) is 12.0 Å². The van der Waals surface area contributed by atoms with Gasteiger partial charge in [-0.05, 0) is 58.3 Å². The number of aromatic nitrogens is 3. The molecule has 41 heavy (non-hydrogen) atoms. The van der Waals surface area contributed by atoms with E-state index in [2.05, 4.69) is 20.4 Å². The zero-order chi connectivity index (χ0) is 29.6. The summed E-state index contributed by atoms with van der Waals surface area (Å²) in [5, 5.41) is 28.9. The van der Waals surface area contributed by atoms with Crippen molar-refractivity contribution in [2.45, 2.75) is 45.6 Å². The fourth-order valence-corrected chi connectivity index (χ4v) is 5.65. The van der Waals surface area contributed by atoms with E-state index in [1.165, 1.54) is 26.8 Å². The fourth-order valence-electron chi connectivity index (χ4n) is 5.18. The molecule has 1 aliphatic heterocycles. The number of nitrogens with zero attached hydrogens (tertiary/aromatic N) is 3. The van der Waals surface area contributed by atoms with Crippen LogP contribution in [0.15, 0.2) is 52.2 Å². The summed E-state index contributed by atoms with van der Waals surface area (Å²) in [6.07, 6.45) is 6.94. The first-order chi connectivity index (χ1) is 19.5. The number of carbonyl (C=O) groups excluding carboxylic acids is 3. The Bertz CT molecular complexity index is 1660. The number of ether oxygens (including phenoxy) is 1. The number of nitrogens with one attached hydrogen (secondary N) is 1. The highest BCUT2D eigenvalue weighted by Crippen LogP contribution is 2.57. The van der Waals surface area contributed by atoms with Crippen LogP contribution in [-0.4, -0.2) is 54.7 Å². The van der Waals surface area contributed by atoms with E-state index in [0.29, 0.717) is 17.8 Å². The summed E-state index contributed by atoms with van der Waals surface area (Å²) in [4.78, 5) is 48.5. The minimum absolute atomic E-state index is 0.0289. The maximum absolute atomic E-state index is 14.1. The SMILES string of the molecule is CSCCC(N/C(C)=C1\C(=O)C=C2Oc3c(C(C)=O)c(O)c(C)c(O)c3[C@@]2(C)C1=O)c1nc(-c2cccnc2)no1. The number of Topliss-reactive ketones (excluding diaryl/α,β-unsaturated/α-hetero) is 2. The molecule has 1 aliphatic carbocycles. The van der Waals surface area contributed by atoms with Crippen molar-refractivity contribution in [1.29, 1.82) is 0 Å². The van der Waals surface area contributed by atoms with Crippen molar-refractivity contribution in [3.8, 4) is 28.6 Å². The Balaban J connectivity index is 1.56. The zero-order valence-electron chi connectivity index (χ0n) is 23.1. The van der Waals surface area contributed by atoms with Gasteiger partial charge in [-0.25, -0.2) is 0 Å². The second kappa shape index (κ2) is 10.5. The van der Waals surface area contributed by atoms with Crippen molar-refractivity contribution in [1.82, 2.24) is 20.4 Å². The molecule has 0 radical (unpaired) electrons. The lowest BCUT2D eigenvalue weighted by molar-refractivity contribution is -0.123. The predicted octanol–water partition coefficient (Wildman–Crippen LogP) is 4.10. The van der Waals surface area contributed by atoms with Gasteiger partial charge in [0.1, 0.15) is 40.0 Å². The van der Waals surface area contributed by atoms with E-state index in [1.54, 1.807) is 43.2 Å². The van der Waals surface area contributed by atoms with Gasteiger partial charge in [0.05, 0.1) is 11.1 Å². The van der Waals surface area contributed by atoms with E-state index in [0.717, 1.165) is 5.75 Å². The Kier molecular flexibility index (Phi) is 7.20. The summed E-state index contributed by atoms with van der Waals surface area (Å²) >= 11 is 1.61. The number of hydrogen-bond donors (Lipinski definition) is 3. The number of allylic oxidation sites excluding steroid dienone is 4. The highest BCUT2D eigenvalue weighted by atomic mass is 32.2. The number of carbonyl (C=O) groups is 3. The smallest absolute Gasteiger partial charge is 0.249 e. The number of fused-ring (bicyclic) bond motifs is 3. The molecule has 0 amide bonds.